The molecule has 2 atom stereocenters. The average molecular weight is 437 g/mol. The number of carbonyl (C=O) groups excluding carboxylic acids is 3. The monoisotopic (exact) mass is 436 g/mol. The summed E-state index contributed by atoms with van der Waals surface area (Å²) in [6, 6.07) is 6.75. The summed E-state index contributed by atoms with van der Waals surface area (Å²) < 4.78 is 6.03. The van der Waals surface area contributed by atoms with Gasteiger partial charge >= 0.3 is 5.97 Å². The van der Waals surface area contributed by atoms with Gasteiger partial charge in [0.05, 0.1) is 12.5 Å². The molecule has 27 heavy (non-hydrogen) atoms. The van der Waals surface area contributed by atoms with Crippen LogP contribution in [-0.4, -0.2) is 59.9 Å². The first-order valence-electron chi connectivity index (χ1n) is 9.53. The SMILES string of the molecule is CCOC(=O)C1CCCN(C(=O)C2CCCN2C(=O)c2ccc(Br)cc2)C1. The van der Waals surface area contributed by atoms with Crippen LogP contribution in [0.1, 0.15) is 43.0 Å². The maximum absolute atomic E-state index is 13.1. The number of ether oxygens (including phenoxy) is 1. The summed E-state index contributed by atoms with van der Waals surface area (Å²) in [5, 5.41) is 0. The highest BCUT2D eigenvalue weighted by Gasteiger charge is 2.39. The lowest BCUT2D eigenvalue weighted by Gasteiger charge is -2.35. The number of amides is 2. The fourth-order valence-corrected chi connectivity index (χ4v) is 4.13. The van der Waals surface area contributed by atoms with E-state index in [-0.39, 0.29) is 23.7 Å². The minimum atomic E-state index is -0.443. The van der Waals surface area contributed by atoms with Gasteiger partial charge < -0.3 is 14.5 Å². The summed E-state index contributed by atoms with van der Waals surface area (Å²) in [5.41, 5.74) is 0.584. The zero-order valence-corrected chi connectivity index (χ0v) is 17.1. The van der Waals surface area contributed by atoms with E-state index < -0.39 is 6.04 Å². The molecular weight excluding hydrogens is 412 g/mol. The Labute approximate surface area is 168 Å². The zero-order valence-electron chi connectivity index (χ0n) is 15.5. The van der Waals surface area contributed by atoms with Crippen molar-refractivity contribution >= 4 is 33.7 Å². The molecule has 0 spiro atoms. The van der Waals surface area contributed by atoms with Gasteiger partial charge in [0.1, 0.15) is 6.04 Å². The Hall–Kier alpha value is -1.89. The van der Waals surface area contributed by atoms with Crippen molar-refractivity contribution in [2.24, 2.45) is 5.92 Å². The fraction of sp³-hybridized carbons (Fsp3) is 0.550. The summed E-state index contributed by atoms with van der Waals surface area (Å²) in [5.74, 6) is -0.659. The van der Waals surface area contributed by atoms with Gasteiger partial charge in [0.25, 0.3) is 5.91 Å². The topological polar surface area (TPSA) is 66.9 Å². The Bertz CT molecular complexity index is 706. The number of hydrogen-bond acceptors (Lipinski definition) is 4. The Morgan fingerprint density at radius 1 is 1.11 bits per heavy atom. The van der Waals surface area contributed by atoms with Gasteiger partial charge in [0.15, 0.2) is 0 Å². The van der Waals surface area contributed by atoms with Crippen LogP contribution in [0.5, 0.6) is 0 Å². The molecule has 1 aromatic carbocycles. The van der Waals surface area contributed by atoms with Crippen LogP contribution in [0.15, 0.2) is 28.7 Å². The van der Waals surface area contributed by atoms with Crippen molar-refractivity contribution in [1.29, 1.82) is 0 Å². The van der Waals surface area contributed by atoms with Crippen LogP contribution in [0.3, 0.4) is 0 Å². The molecule has 0 N–H and O–H groups in total. The predicted molar refractivity (Wildman–Crippen MR) is 104 cm³/mol. The molecule has 6 nitrogen and oxygen atoms in total. The van der Waals surface area contributed by atoms with E-state index in [1.54, 1.807) is 28.9 Å². The minimum Gasteiger partial charge on any atom is -0.466 e. The maximum Gasteiger partial charge on any atom is 0.310 e. The van der Waals surface area contributed by atoms with Crippen LogP contribution in [-0.2, 0) is 14.3 Å². The summed E-state index contributed by atoms with van der Waals surface area (Å²) in [4.78, 5) is 41.4. The minimum absolute atomic E-state index is 0.0491. The normalized spacial score (nSPS) is 22.6. The van der Waals surface area contributed by atoms with Crippen LogP contribution < -0.4 is 0 Å². The van der Waals surface area contributed by atoms with Crippen molar-refractivity contribution in [3.8, 4) is 0 Å². The molecule has 0 aromatic heterocycles. The first-order valence-corrected chi connectivity index (χ1v) is 10.3. The molecule has 2 fully saturated rings. The van der Waals surface area contributed by atoms with E-state index in [0.29, 0.717) is 38.2 Å². The second-order valence-electron chi connectivity index (χ2n) is 7.04. The maximum atomic E-state index is 13.1. The van der Waals surface area contributed by atoms with Gasteiger partial charge in [0, 0.05) is 29.7 Å². The Kier molecular flexibility index (Phi) is 6.52. The molecule has 2 saturated heterocycles. The van der Waals surface area contributed by atoms with Crippen molar-refractivity contribution in [2.45, 2.75) is 38.6 Å². The highest BCUT2D eigenvalue weighted by atomic mass is 79.9. The molecule has 0 saturated carbocycles. The largest absolute Gasteiger partial charge is 0.466 e. The molecule has 0 aliphatic carbocycles. The molecular formula is C20H25BrN2O4. The molecule has 3 rings (SSSR count). The van der Waals surface area contributed by atoms with Crippen LogP contribution in [0.25, 0.3) is 0 Å². The lowest BCUT2D eigenvalue weighted by atomic mass is 9.97. The third-order valence-corrected chi connectivity index (χ3v) is 5.77. The van der Waals surface area contributed by atoms with Crippen molar-refractivity contribution in [3.05, 3.63) is 34.3 Å². The van der Waals surface area contributed by atoms with Crippen LogP contribution in [0, 0.1) is 5.92 Å². The summed E-state index contributed by atoms with van der Waals surface area (Å²) in [7, 11) is 0. The van der Waals surface area contributed by atoms with E-state index in [1.807, 2.05) is 12.1 Å². The fourth-order valence-electron chi connectivity index (χ4n) is 3.87. The molecule has 7 heteroatoms. The number of esters is 1. The molecule has 146 valence electrons. The molecule has 2 aliphatic rings. The number of hydrogen-bond donors (Lipinski definition) is 0. The Morgan fingerprint density at radius 2 is 1.81 bits per heavy atom. The quantitative estimate of drug-likeness (QED) is 0.680. The van der Waals surface area contributed by atoms with Crippen LogP contribution in [0.4, 0.5) is 0 Å². The molecule has 2 heterocycles. The van der Waals surface area contributed by atoms with Gasteiger partial charge in [0.2, 0.25) is 5.91 Å². The molecule has 0 radical (unpaired) electrons. The van der Waals surface area contributed by atoms with Crippen molar-refractivity contribution in [1.82, 2.24) is 9.80 Å². The lowest BCUT2D eigenvalue weighted by Crippen LogP contribution is -2.51. The predicted octanol–water partition coefficient (Wildman–Crippen LogP) is 2.86. The van der Waals surface area contributed by atoms with Gasteiger partial charge in [-0.3, -0.25) is 14.4 Å². The van der Waals surface area contributed by atoms with Crippen molar-refractivity contribution in [3.63, 3.8) is 0 Å². The van der Waals surface area contributed by atoms with E-state index in [1.165, 1.54) is 0 Å². The average Bonchev–Trinajstić information content (AvgIpc) is 3.17. The number of halogens is 1. The number of likely N-dealkylation sites (tertiary alicyclic amines) is 2. The second kappa shape index (κ2) is 8.87. The molecule has 1 aromatic rings. The zero-order chi connectivity index (χ0) is 19.4. The number of benzene rings is 1. The van der Waals surface area contributed by atoms with E-state index in [4.69, 9.17) is 4.74 Å². The lowest BCUT2D eigenvalue weighted by molar-refractivity contribution is -0.151. The summed E-state index contributed by atoms with van der Waals surface area (Å²) in [6.45, 7) is 3.73. The smallest absolute Gasteiger partial charge is 0.310 e. The molecule has 2 aliphatic heterocycles. The summed E-state index contributed by atoms with van der Waals surface area (Å²) >= 11 is 3.37. The van der Waals surface area contributed by atoms with Gasteiger partial charge in [-0.25, -0.2) is 0 Å². The first kappa shape index (κ1) is 19.9. The number of nitrogens with zero attached hydrogens (tertiary/aromatic N) is 2. The third-order valence-electron chi connectivity index (χ3n) is 5.24. The molecule has 0 bridgehead atoms. The van der Waals surface area contributed by atoms with Crippen molar-refractivity contribution < 1.29 is 19.1 Å². The van der Waals surface area contributed by atoms with Gasteiger partial charge in [-0.2, -0.15) is 0 Å². The van der Waals surface area contributed by atoms with Gasteiger partial charge in [-0.15, -0.1) is 0 Å². The third kappa shape index (κ3) is 4.51. The Morgan fingerprint density at radius 3 is 2.52 bits per heavy atom. The molecule has 2 unspecified atom stereocenters. The summed E-state index contributed by atoms with van der Waals surface area (Å²) in [6.07, 6.45) is 3.01. The van der Waals surface area contributed by atoms with E-state index >= 15 is 0 Å². The van der Waals surface area contributed by atoms with Crippen molar-refractivity contribution in [2.75, 3.05) is 26.2 Å². The second-order valence-corrected chi connectivity index (χ2v) is 7.95. The first-order chi connectivity index (χ1) is 13.0. The standard InChI is InChI=1S/C20H25BrN2O4/c1-2-27-20(26)15-5-3-11-22(13-15)19(25)17-6-4-12-23(17)18(24)14-7-9-16(21)10-8-14/h7-10,15,17H,2-6,11-13H2,1H3. The van der Waals surface area contributed by atoms with Crippen LogP contribution in [0.2, 0.25) is 0 Å². The molecule has 2 amide bonds. The Balaban J connectivity index is 1.68. The van der Waals surface area contributed by atoms with Gasteiger partial charge in [-0.1, -0.05) is 15.9 Å². The van der Waals surface area contributed by atoms with E-state index in [0.717, 1.165) is 23.7 Å². The highest BCUT2D eigenvalue weighted by molar-refractivity contribution is 9.10. The number of carbonyl (C=O) groups is 3. The highest BCUT2D eigenvalue weighted by Crippen LogP contribution is 2.25. The number of piperidine rings is 1. The number of rotatable bonds is 4. The van der Waals surface area contributed by atoms with Crippen LogP contribution >= 0.6 is 15.9 Å². The van der Waals surface area contributed by atoms with E-state index in [9.17, 15) is 14.4 Å². The van der Waals surface area contributed by atoms with Gasteiger partial charge in [-0.05, 0) is 56.9 Å². The van der Waals surface area contributed by atoms with E-state index in [2.05, 4.69) is 15.9 Å².